The molecular weight excluding hydrogens is 228 g/mol. The van der Waals surface area contributed by atoms with E-state index in [0.717, 1.165) is 0 Å². The van der Waals surface area contributed by atoms with Crippen LogP contribution in [0.25, 0.3) is 0 Å². The summed E-state index contributed by atoms with van der Waals surface area (Å²) in [4.78, 5) is 30.2. The van der Waals surface area contributed by atoms with E-state index >= 15 is 0 Å². The summed E-state index contributed by atoms with van der Waals surface area (Å²) in [5.41, 5.74) is 2.47. The number of hydrogen-bond acceptors (Lipinski definition) is 6. The number of esters is 1. The predicted molar refractivity (Wildman–Crippen MR) is 57.4 cm³/mol. The summed E-state index contributed by atoms with van der Waals surface area (Å²) >= 11 is 0. The summed E-state index contributed by atoms with van der Waals surface area (Å²) in [7, 11) is 0. The van der Waals surface area contributed by atoms with Crippen molar-refractivity contribution in [2.75, 3.05) is 18.7 Å². The van der Waals surface area contributed by atoms with Crippen LogP contribution < -0.4 is 5.48 Å². The van der Waals surface area contributed by atoms with Crippen LogP contribution in [0.15, 0.2) is 18.3 Å². The molecule has 7 heteroatoms. The van der Waals surface area contributed by atoms with E-state index in [4.69, 9.17) is 9.84 Å². The van der Waals surface area contributed by atoms with Crippen molar-refractivity contribution in [3.63, 3.8) is 0 Å². The van der Waals surface area contributed by atoms with Gasteiger partial charge in [0.05, 0.1) is 6.61 Å². The molecule has 0 aromatic carbocycles. The second-order valence-corrected chi connectivity index (χ2v) is 2.90. The van der Waals surface area contributed by atoms with Gasteiger partial charge in [-0.15, -0.1) is 0 Å². The van der Waals surface area contributed by atoms with Crippen LogP contribution in [0.2, 0.25) is 0 Å². The molecule has 0 aliphatic carbocycles. The molecule has 0 unspecified atom stereocenters. The molecular formula is C10H12N2O5. The number of aliphatic carboxylic acids is 1. The fraction of sp³-hybridized carbons (Fsp3) is 0.300. The van der Waals surface area contributed by atoms with Gasteiger partial charge in [0.2, 0.25) is 0 Å². The van der Waals surface area contributed by atoms with Crippen molar-refractivity contribution in [2.24, 2.45) is 0 Å². The molecule has 0 saturated carbocycles. The minimum Gasteiger partial charge on any atom is -0.479 e. The lowest BCUT2D eigenvalue weighted by Crippen LogP contribution is -2.15. The summed E-state index contributed by atoms with van der Waals surface area (Å²) in [5, 5.41) is 8.38. The molecule has 0 radical (unpaired) electrons. The van der Waals surface area contributed by atoms with Gasteiger partial charge in [-0.2, -0.15) is 0 Å². The van der Waals surface area contributed by atoms with E-state index in [9.17, 15) is 9.59 Å². The molecule has 0 spiro atoms. The van der Waals surface area contributed by atoms with E-state index in [1.54, 1.807) is 13.0 Å². The Labute approximate surface area is 97.3 Å². The third-order valence-electron chi connectivity index (χ3n) is 1.67. The van der Waals surface area contributed by atoms with Gasteiger partial charge in [0.1, 0.15) is 5.56 Å². The number of hydrogen-bond donors (Lipinski definition) is 2. The zero-order valence-corrected chi connectivity index (χ0v) is 9.17. The maximum atomic E-state index is 11.5. The minimum absolute atomic E-state index is 0.118. The van der Waals surface area contributed by atoms with Crippen LogP contribution in [0.3, 0.4) is 0 Å². The van der Waals surface area contributed by atoms with E-state index in [1.807, 2.05) is 0 Å². The molecule has 1 aromatic rings. The van der Waals surface area contributed by atoms with Crippen LogP contribution in [0.1, 0.15) is 17.3 Å². The first-order valence-corrected chi connectivity index (χ1v) is 4.87. The number of carboxylic acids is 1. The van der Waals surface area contributed by atoms with E-state index in [2.05, 4.69) is 15.3 Å². The summed E-state index contributed by atoms with van der Waals surface area (Å²) in [6, 6.07) is 3.06. The van der Waals surface area contributed by atoms with Gasteiger partial charge >= 0.3 is 11.9 Å². The Morgan fingerprint density at radius 2 is 2.29 bits per heavy atom. The Morgan fingerprint density at radius 3 is 2.94 bits per heavy atom. The van der Waals surface area contributed by atoms with Gasteiger partial charge in [-0.05, 0) is 19.1 Å². The summed E-state index contributed by atoms with van der Waals surface area (Å²) in [5.74, 6) is -1.57. The molecule has 7 nitrogen and oxygen atoms in total. The molecule has 92 valence electrons. The molecule has 0 atom stereocenters. The van der Waals surface area contributed by atoms with Gasteiger partial charge in [0.15, 0.2) is 12.4 Å². The Bertz CT molecular complexity index is 407. The van der Waals surface area contributed by atoms with Crippen molar-refractivity contribution >= 4 is 17.8 Å². The number of anilines is 1. The molecule has 0 aliphatic heterocycles. The van der Waals surface area contributed by atoms with Crippen molar-refractivity contribution < 1.29 is 24.3 Å². The summed E-state index contributed by atoms with van der Waals surface area (Å²) in [6.45, 7) is 1.38. The molecule has 0 bridgehead atoms. The standard InChI is InChI=1S/C10H12N2O5/c1-2-16-10(15)7-4-3-5-11-9(7)12-17-6-8(13)14/h3-5H,2,6H2,1H3,(H,11,12)(H,13,14). The van der Waals surface area contributed by atoms with Crippen molar-refractivity contribution in [1.82, 2.24) is 4.98 Å². The highest BCUT2D eigenvalue weighted by molar-refractivity contribution is 5.94. The highest BCUT2D eigenvalue weighted by atomic mass is 16.7. The van der Waals surface area contributed by atoms with Crippen molar-refractivity contribution in [3.05, 3.63) is 23.9 Å². The van der Waals surface area contributed by atoms with E-state index in [-0.39, 0.29) is 18.0 Å². The number of aromatic nitrogens is 1. The quantitative estimate of drug-likeness (QED) is 0.557. The highest BCUT2D eigenvalue weighted by Crippen LogP contribution is 2.12. The number of rotatable bonds is 6. The SMILES string of the molecule is CCOC(=O)c1cccnc1NOCC(=O)O. The molecule has 17 heavy (non-hydrogen) atoms. The van der Waals surface area contributed by atoms with Crippen LogP contribution in [0, 0.1) is 0 Å². The molecule has 0 amide bonds. The van der Waals surface area contributed by atoms with Crippen LogP contribution in [0.5, 0.6) is 0 Å². The van der Waals surface area contributed by atoms with Crippen LogP contribution >= 0.6 is 0 Å². The molecule has 0 aliphatic rings. The lowest BCUT2D eigenvalue weighted by atomic mass is 10.2. The molecule has 1 rings (SSSR count). The first kappa shape index (κ1) is 12.9. The van der Waals surface area contributed by atoms with Gasteiger partial charge in [0, 0.05) is 6.20 Å². The molecule has 0 fully saturated rings. The van der Waals surface area contributed by atoms with Crippen LogP contribution in [0.4, 0.5) is 5.82 Å². The van der Waals surface area contributed by atoms with Gasteiger partial charge in [-0.25, -0.2) is 20.1 Å². The first-order chi connectivity index (χ1) is 8.15. The number of pyridine rings is 1. The maximum absolute atomic E-state index is 11.5. The number of nitrogens with zero attached hydrogens (tertiary/aromatic N) is 1. The van der Waals surface area contributed by atoms with Gasteiger partial charge in [-0.3, -0.25) is 4.84 Å². The zero-order chi connectivity index (χ0) is 12.7. The maximum Gasteiger partial charge on any atom is 0.341 e. The number of carbonyl (C=O) groups excluding carboxylic acids is 1. The van der Waals surface area contributed by atoms with Gasteiger partial charge in [-0.1, -0.05) is 0 Å². The number of carbonyl (C=O) groups is 2. The second-order valence-electron chi connectivity index (χ2n) is 2.90. The Balaban J connectivity index is 2.70. The fourth-order valence-corrected chi connectivity index (χ4v) is 1.03. The minimum atomic E-state index is -1.13. The van der Waals surface area contributed by atoms with E-state index in [1.165, 1.54) is 12.3 Å². The van der Waals surface area contributed by atoms with Gasteiger partial charge in [0.25, 0.3) is 0 Å². The molecule has 1 heterocycles. The summed E-state index contributed by atoms with van der Waals surface area (Å²) in [6.07, 6.45) is 1.44. The third-order valence-corrected chi connectivity index (χ3v) is 1.67. The summed E-state index contributed by atoms with van der Waals surface area (Å²) < 4.78 is 4.81. The first-order valence-electron chi connectivity index (χ1n) is 4.87. The Kier molecular flexibility index (Phi) is 4.89. The average molecular weight is 240 g/mol. The third kappa shape index (κ3) is 4.07. The predicted octanol–water partition coefficient (Wildman–Crippen LogP) is 0.686. The van der Waals surface area contributed by atoms with Gasteiger partial charge < -0.3 is 9.84 Å². The largest absolute Gasteiger partial charge is 0.479 e. The Morgan fingerprint density at radius 1 is 1.53 bits per heavy atom. The lowest BCUT2D eigenvalue weighted by molar-refractivity contribution is -0.141. The van der Waals surface area contributed by atoms with Crippen LogP contribution in [-0.2, 0) is 14.4 Å². The smallest absolute Gasteiger partial charge is 0.341 e. The monoisotopic (exact) mass is 240 g/mol. The Hall–Kier alpha value is -2.15. The van der Waals surface area contributed by atoms with Crippen molar-refractivity contribution in [3.8, 4) is 0 Å². The lowest BCUT2D eigenvalue weighted by Gasteiger charge is -2.08. The highest BCUT2D eigenvalue weighted by Gasteiger charge is 2.13. The molecule has 1 aromatic heterocycles. The number of carboxylic acid groups (broad SMARTS) is 1. The molecule has 2 N–H and O–H groups in total. The van der Waals surface area contributed by atoms with E-state index < -0.39 is 18.5 Å². The molecule has 0 saturated heterocycles. The van der Waals surface area contributed by atoms with E-state index in [0.29, 0.717) is 0 Å². The zero-order valence-electron chi connectivity index (χ0n) is 9.17. The fourth-order valence-electron chi connectivity index (χ4n) is 1.03. The normalized spacial score (nSPS) is 9.71. The number of ether oxygens (including phenoxy) is 1. The van der Waals surface area contributed by atoms with Crippen molar-refractivity contribution in [2.45, 2.75) is 6.92 Å². The topological polar surface area (TPSA) is 97.8 Å². The second kappa shape index (κ2) is 6.44. The van der Waals surface area contributed by atoms with Crippen molar-refractivity contribution in [1.29, 1.82) is 0 Å². The van der Waals surface area contributed by atoms with Crippen LogP contribution in [-0.4, -0.2) is 35.2 Å². The number of nitrogens with one attached hydrogen (secondary N) is 1. The average Bonchev–Trinajstić information content (AvgIpc) is 2.29.